The van der Waals surface area contributed by atoms with Crippen LogP contribution < -0.4 is 20.7 Å². The number of hydrogen-bond acceptors (Lipinski definition) is 4. The predicted octanol–water partition coefficient (Wildman–Crippen LogP) is 4.28. The lowest BCUT2D eigenvalue weighted by atomic mass is 10.2. The van der Waals surface area contributed by atoms with Crippen LogP contribution in [0, 0.1) is 11.6 Å². The van der Waals surface area contributed by atoms with Crippen LogP contribution in [-0.4, -0.2) is 25.5 Å². The smallest absolute Gasteiger partial charge is 0.255 e. The summed E-state index contributed by atoms with van der Waals surface area (Å²) in [5.41, 5.74) is 1.57. The van der Waals surface area contributed by atoms with E-state index in [-0.39, 0.29) is 18.1 Å². The highest BCUT2D eigenvalue weighted by atomic mass is 19.1. The molecular formula is C22H19F2N3O3. The number of rotatable bonds is 7. The maximum atomic E-state index is 13.6. The second-order valence-electron chi connectivity index (χ2n) is 6.29. The Hall–Kier alpha value is -3.94. The van der Waals surface area contributed by atoms with Gasteiger partial charge >= 0.3 is 0 Å². The number of hydrogen-bond donors (Lipinski definition) is 3. The molecule has 3 aromatic carbocycles. The van der Waals surface area contributed by atoms with Crippen molar-refractivity contribution in [3.05, 3.63) is 83.9 Å². The molecule has 154 valence electrons. The molecule has 0 heterocycles. The molecule has 0 radical (unpaired) electrons. The predicted molar refractivity (Wildman–Crippen MR) is 111 cm³/mol. The van der Waals surface area contributed by atoms with E-state index < -0.39 is 17.5 Å². The molecule has 0 saturated heterocycles. The van der Waals surface area contributed by atoms with Crippen LogP contribution >= 0.6 is 0 Å². The lowest BCUT2D eigenvalue weighted by Crippen LogP contribution is -2.22. The molecule has 0 aliphatic rings. The quantitative estimate of drug-likeness (QED) is 0.542. The molecule has 0 bridgehead atoms. The number of nitrogens with one attached hydrogen (secondary N) is 3. The van der Waals surface area contributed by atoms with Crippen LogP contribution in [0.25, 0.3) is 0 Å². The summed E-state index contributed by atoms with van der Waals surface area (Å²) in [4.78, 5) is 24.3. The first-order valence-electron chi connectivity index (χ1n) is 8.99. The van der Waals surface area contributed by atoms with Crippen LogP contribution in [0.1, 0.15) is 10.4 Å². The summed E-state index contributed by atoms with van der Waals surface area (Å²) in [6.07, 6.45) is 0. The van der Waals surface area contributed by atoms with Gasteiger partial charge in [-0.25, -0.2) is 8.78 Å². The van der Waals surface area contributed by atoms with E-state index in [4.69, 9.17) is 4.74 Å². The van der Waals surface area contributed by atoms with E-state index in [9.17, 15) is 18.4 Å². The van der Waals surface area contributed by atoms with Crippen molar-refractivity contribution in [3.63, 3.8) is 0 Å². The van der Waals surface area contributed by atoms with Gasteiger partial charge in [0.2, 0.25) is 5.91 Å². The highest BCUT2D eigenvalue weighted by Crippen LogP contribution is 2.17. The minimum Gasteiger partial charge on any atom is -0.497 e. The maximum Gasteiger partial charge on any atom is 0.255 e. The Bertz CT molecular complexity index is 1040. The minimum absolute atomic E-state index is 0.103. The molecule has 6 nitrogen and oxygen atoms in total. The molecular weight excluding hydrogens is 392 g/mol. The Kier molecular flexibility index (Phi) is 6.59. The maximum absolute atomic E-state index is 13.6. The summed E-state index contributed by atoms with van der Waals surface area (Å²) in [6.45, 7) is -0.131. The second kappa shape index (κ2) is 9.51. The normalized spacial score (nSPS) is 10.2. The summed E-state index contributed by atoms with van der Waals surface area (Å²) in [5, 5.41) is 8.00. The van der Waals surface area contributed by atoms with Gasteiger partial charge in [0.15, 0.2) is 0 Å². The van der Waals surface area contributed by atoms with Crippen molar-refractivity contribution < 1.29 is 23.1 Å². The van der Waals surface area contributed by atoms with Crippen molar-refractivity contribution in [2.75, 3.05) is 29.6 Å². The number of halogens is 2. The van der Waals surface area contributed by atoms with Gasteiger partial charge in [0.1, 0.15) is 17.4 Å². The number of amides is 2. The van der Waals surface area contributed by atoms with Gasteiger partial charge in [0, 0.05) is 23.0 Å². The lowest BCUT2D eigenvalue weighted by Gasteiger charge is -2.10. The third kappa shape index (κ3) is 5.54. The highest BCUT2D eigenvalue weighted by Gasteiger charge is 2.09. The van der Waals surface area contributed by atoms with Crippen LogP contribution in [0.2, 0.25) is 0 Å². The summed E-state index contributed by atoms with van der Waals surface area (Å²) in [7, 11) is 1.56. The standard InChI is InChI=1S/C22H19F2N3O3/c1-30-18-9-7-17(8-10-18)26-22(29)14-2-5-16(6-3-14)25-13-21(28)27-20-11-4-15(23)12-19(20)24/h2-12,25H,13H2,1H3,(H,26,29)(H,27,28). The van der Waals surface area contributed by atoms with Crippen molar-refractivity contribution in [2.45, 2.75) is 0 Å². The van der Waals surface area contributed by atoms with E-state index in [0.717, 1.165) is 12.1 Å². The summed E-state index contributed by atoms with van der Waals surface area (Å²) >= 11 is 0. The molecule has 0 aromatic heterocycles. The first-order valence-corrected chi connectivity index (χ1v) is 8.99. The molecule has 0 fully saturated rings. The molecule has 0 aliphatic carbocycles. The largest absolute Gasteiger partial charge is 0.497 e. The SMILES string of the molecule is COc1ccc(NC(=O)c2ccc(NCC(=O)Nc3ccc(F)cc3F)cc2)cc1. The Morgan fingerprint density at radius 1 is 0.867 bits per heavy atom. The first kappa shape index (κ1) is 20.8. The van der Waals surface area contributed by atoms with Crippen molar-refractivity contribution in [3.8, 4) is 5.75 Å². The molecule has 0 aliphatic heterocycles. The zero-order chi connectivity index (χ0) is 21.5. The number of methoxy groups -OCH3 is 1. The van der Waals surface area contributed by atoms with E-state index >= 15 is 0 Å². The Morgan fingerprint density at radius 2 is 1.53 bits per heavy atom. The van der Waals surface area contributed by atoms with Gasteiger partial charge in [-0.1, -0.05) is 0 Å². The molecule has 8 heteroatoms. The molecule has 0 unspecified atom stereocenters. The fourth-order valence-corrected chi connectivity index (χ4v) is 2.58. The molecule has 0 spiro atoms. The lowest BCUT2D eigenvalue weighted by molar-refractivity contribution is -0.114. The minimum atomic E-state index is -0.851. The van der Waals surface area contributed by atoms with Crippen LogP contribution in [0.5, 0.6) is 5.75 Å². The van der Waals surface area contributed by atoms with Gasteiger partial charge in [0.05, 0.1) is 19.3 Å². The Balaban J connectivity index is 1.52. The zero-order valence-corrected chi connectivity index (χ0v) is 16.0. The van der Waals surface area contributed by atoms with Crippen LogP contribution in [0.4, 0.5) is 25.8 Å². The average Bonchev–Trinajstić information content (AvgIpc) is 2.75. The van der Waals surface area contributed by atoms with E-state index in [1.807, 2.05) is 0 Å². The van der Waals surface area contributed by atoms with Crippen molar-refractivity contribution in [1.82, 2.24) is 0 Å². The molecule has 3 aromatic rings. The number of carbonyl (C=O) groups is 2. The molecule has 30 heavy (non-hydrogen) atoms. The van der Waals surface area contributed by atoms with Crippen molar-refractivity contribution in [2.24, 2.45) is 0 Å². The second-order valence-corrected chi connectivity index (χ2v) is 6.29. The van der Waals surface area contributed by atoms with Gasteiger partial charge < -0.3 is 20.7 Å². The summed E-state index contributed by atoms with van der Waals surface area (Å²) in [5.74, 6) is -1.66. The average molecular weight is 411 g/mol. The fourth-order valence-electron chi connectivity index (χ4n) is 2.58. The van der Waals surface area contributed by atoms with Crippen LogP contribution in [0.15, 0.2) is 66.7 Å². The number of carbonyl (C=O) groups excluding carboxylic acids is 2. The summed E-state index contributed by atoms with van der Waals surface area (Å²) in [6, 6.07) is 16.4. The zero-order valence-electron chi connectivity index (χ0n) is 16.0. The molecule has 3 N–H and O–H groups in total. The molecule has 0 atom stereocenters. The molecule has 2 amide bonds. The number of benzene rings is 3. The van der Waals surface area contributed by atoms with Gasteiger partial charge in [-0.15, -0.1) is 0 Å². The van der Waals surface area contributed by atoms with Gasteiger partial charge in [-0.05, 0) is 60.7 Å². The molecule has 0 saturated carbocycles. The Morgan fingerprint density at radius 3 is 2.17 bits per heavy atom. The van der Waals surface area contributed by atoms with Crippen LogP contribution in [-0.2, 0) is 4.79 Å². The third-order valence-corrected chi connectivity index (χ3v) is 4.15. The first-order chi connectivity index (χ1) is 14.4. The number of anilines is 3. The van der Waals surface area contributed by atoms with Crippen molar-refractivity contribution in [1.29, 1.82) is 0 Å². The van der Waals surface area contributed by atoms with E-state index in [0.29, 0.717) is 28.8 Å². The third-order valence-electron chi connectivity index (χ3n) is 4.15. The topological polar surface area (TPSA) is 79.5 Å². The van der Waals surface area contributed by atoms with E-state index in [1.54, 1.807) is 55.6 Å². The van der Waals surface area contributed by atoms with Crippen molar-refractivity contribution >= 4 is 28.9 Å². The fraction of sp³-hybridized carbons (Fsp3) is 0.0909. The number of ether oxygens (including phenoxy) is 1. The molecule has 3 rings (SSSR count). The van der Waals surface area contributed by atoms with Crippen LogP contribution in [0.3, 0.4) is 0 Å². The highest BCUT2D eigenvalue weighted by molar-refractivity contribution is 6.04. The Labute approximate surface area is 171 Å². The monoisotopic (exact) mass is 411 g/mol. The van der Waals surface area contributed by atoms with Gasteiger partial charge in [-0.2, -0.15) is 0 Å². The van der Waals surface area contributed by atoms with Gasteiger partial charge in [-0.3, -0.25) is 9.59 Å². The summed E-state index contributed by atoms with van der Waals surface area (Å²) < 4.78 is 31.5. The van der Waals surface area contributed by atoms with E-state index in [2.05, 4.69) is 16.0 Å². The van der Waals surface area contributed by atoms with Gasteiger partial charge in [0.25, 0.3) is 5.91 Å². The van der Waals surface area contributed by atoms with E-state index in [1.165, 1.54) is 0 Å².